The van der Waals surface area contributed by atoms with Gasteiger partial charge >= 0.3 is 0 Å². The molecule has 0 radical (unpaired) electrons. The van der Waals surface area contributed by atoms with Crippen LogP contribution in [0.1, 0.15) is 31.2 Å². The van der Waals surface area contributed by atoms with Crippen LogP contribution < -0.4 is 10.2 Å². The quantitative estimate of drug-likeness (QED) is 0.360. The van der Waals surface area contributed by atoms with Gasteiger partial charge in [-0.15, -0.1) is 11.3 Å². The molecule has 2 fully saturated rings. The van der Waals surface area contributed by atoms with Crippen LogP contribution in [0.25, 0.3) is 20.3 Å². The fraction of sp³-hybridized carbons (Fsp3) is 0.407. The number of aromatic nitrogens is 1. The highest BCUT2D eigenvalue weighted by atomic mass is 32.1. The van der Waals surface area contributed by atoms with Gasteiger partial charge in [-0.2, -0.15) is 0 Å². The van der Waals surface area contributed by atoms with Crippen molar-refractivity contribution in [2.75, 3.05) is 42.9 Å². The van der Waals surface area contributed by atoms with Gasteiger partial charge in [0.05, 0.1) is 10.2 Å². The fourth-order valence-electron chi connectivity index (χ4n) is 5.33. The molecule has 1 saturated carbocycles. The molecule has 1 amide bonds. The molecule has 1 saturated heterocycles. The number of thiophene rings is 1. The highest BCUT2D eigenvalue weighted by Gasteiger charge is 2.23. The Labute approximate surface area is 208 Å². The molecule has 0 spiro atoms. The molecule has 5 nitrogen and oxygen atoms in total. The summed E-state index contributed by atoms with van der Waals surface area (Å²) in [7, 11) is 0. The van der Waals surface area contributed by atoms with E-state index in [0.29, 0.717) is 0 Å². The van der Waals surface area contributed by atoms with Crippen molar-refractivity contribution in [2.24, 2.45) is 5.92 Å². The number of piperazine rings is 1. The van der Waals surface area contributed by atoms with Crippen molar-refractivity contribution in [3.8, 4) is 0 Å². The number of benzene rings is 2. The Morgan fingerprint density at radius 1 is 1.03 bits per heavy atom. The normalized spacial score (nSPS) is 17.7. The van der Waals surface area contributed by atoms with Crippen LogP contribution in [0.3, 0.4) is 0 Å². The molecule has 176 valence electrons. The number of amides is 1. The molecule has 2 aromatic heterocycles. The number of carbonyl (C=O) groups excluding carboxylic acids is 1. The number of anilines is 2. The number of thiazole rings is 1. The Morgan fingerprint density at radius 2 is 1.88 bits per heavy atom. The molecule has 0 unspecified atom stereocenters. The van der Waals surface area contributed by atoms with Gasteiger partial charge in [-0.05, 0) is 60.5 Å². The number of hydrogen-bond acceptors (Lipinski definition) is 6. The molecule has 1 aliphatic heterocycles. The van der Waals surface area contributed by atoms with Crippen molar-refractivity contribution in [1.29, 1.82) is 0 Å². The van der Waals surface area contributed by atoms with Gasteiger partial charge in [0, 0.05) is 54.4 Å². The van der Waals surface area contributed by atoms with E-state index in [1.165, 1.54) is 34.2 Å². The van der Waals surface area contributed by atoms with Crippen molar-refractivity contribution >= 4 is 59.7 Å². The third-order valence-corrected chi connectivity index (χ3v) is 9.13. The highest BCUT2D eigenvalue weighted by Crippen LogP contribution is 2.32. The van der Waals surface area contributed by atoms with Gasteiger partial charge in [0.25, 0.3) is 0 Å². The lowest BCUT2D eigenvalue weighted by Crippen LogP contribution is -2.47. The maximum atomic E-state index is 12.4. The summed E-state index contributed by atoms with van der Waals surface area (Å²) in [5.74, 6) is 0.312. The van der Waals surface area contributed by atoms with Crippen LogP contribution in [0.15, 0.2) is 47.8 Å². The first-order valence-electron chi connectivity index (χ1n) is 12.4. The van der Waals surface area contributed by atoms with E-state index in [4.69, 9.17) is 0 Å². The molecule has 1 N–H and O–H groups in total. The molecule has 3 heterocycles. The van der Waals surface area contributed by atoms with E-state index in [0.717, 1.165) is 67.3 Å². The van der Waals surface area contributed by atoms with E-state index in [2.05, 4.69) is 67.9 Å². The Hall–Kier alpha value is -2.48. The molecule has 1 aliphatic carbocycles. The third kappa shape index (κ3) is 4.57. The molecule has 0 atom stereocenters. The SMILES string of the molecule is O=C(Nc1nc2ccc(CCN3CCN(c4cccc5sccc45)CC3)cc2s1)C1CCCC1. The third-order valence-electron chi connectivity index (χ3n) is 7.31. The van der Waals surface area contributed by atoms with E-state index in [1.807, 2.05) is 11.3 Å². The maximum absolute atomic E-state index is 12.4. The molecule has 7 heteroatoms. The number of carbonyl (C=O) groups is 1. The van der Waals surface area contributed by atoms with Gasteiger partial charge in [-0.1, -0.05) is 36.3 Å². The van der Waals surface area contributed by atoms with Crippen LogP contribution >= 0.6 is 22.7 Å². The van der Waals surface area contributed by atoms with E-state index in [1.54, 1.807) is 11.3 Å². The summed E-state index contributed by atoms with van der Waals surface area (Å²) < 4.78 is 2.53. The second-order valence-electron chi connectivity index (χ2n) is 9.48. The van der Waals surface area contributed by atoms with Gasteiger partial charge in [-0.25, -0.2) is 4.98 Å². The lowest BCUT2D eigenvalue weighted by atomic mass is 10.1. The summed E-state index contributed by atoms with van der Waals surface area (Å²) in [6.45, 7) is 5.42. The molecule has 0 bridgehead atoms. The molecular weight excluding hydrogens is 460 g/mol. The number of fused-ring (bicyclic) bond motifs is 2. The van der Waals surface area contributed by atoms with Gasteiger partial charge in [0.1, 0.15) is 0 Å². The number of nitrogens with zero attached hydrogens (tertiary/aromatic N) is 3. The average Bonchev–Trinajstić information content (AvgIpc) is 3.63. The zero-order valence-electron chi connectivity index (χ0n) is 19.3. The Bertz CT molecular complexity index is 1300. The summed E-state index contributed by atoms with van der Waals surface area (Å²) >= 11 is 3.42. The monoisotopic (exact) mass is 490 g/mol. The smallest absolute Gasteiger partial charge is 0.229 e. The fourth-order valence-corrected chi connectivity index (χ4v) is 7.07. The van der Waals surface area contributed by atoms with Crippen molar-refractivity contribution < 1.29 is 4.79 Å². The maximum Gasteiger partial charge on any atom is 0.229 e. The topological polar surface area (TPSA) is 48.5 Å². The molecule has 2 aromatic carbocycles. The number of nitrogens with one attached hydrogen (secondary N) is 1. The first kappa shape index (κ1) is 22.0. The van der Waals surface area contributed by atoms with E-state index >= 15 is 0 Å². The minimum Gasteiger partial charge on any atom is -0.368 e. The van der Waals surface area contributed by atoms with Crippen LogP contribution in [0.5, 0.6) is 0 Å². The minimum atomic E-state index is 0.145. The molecule has 34 heavy (non-hydrogen) atoms. The van der Waals surface area contributed by atoms with Gasteiger partial charge in [0.15, 0.2) is 5.13 Å². The number of hydrogen-bond donors (Lipinski definition) is 1. The summed E-state index contributed by atoms with van der Waals surface area (Å²) in [5.41, 5.74) is 3.70. The van der Waals surface area contributed by atoms with Gasteiger partial charge in [-0.3, -0.25) is 9.69 Å². The van der Waals surface area contributed by atoms with E-state index in [-0.39, 0.29) is 11.8 Å². The Balaban J connectivity index is 1.04. The van der Waals surface area contributed by atoms with Crippen molar-refractivity contribution in [3.63, 3.8) is 0 Å². The standard InChI is InChI=1S/C27H30N4OS2/c32-26(20-4-1-2-5-20)29-27-28-22-9-8-19(18-25(22)34-27)10-12-30-13-15-31(16-14-30)23-6-3-7-24-21(23)11-17-33-24/h3,6-9,11,17-18,20H,1-2,4-5,10,12-16H2,(H,28,29,32). The summed E-state index contributed by atoms with van der Waals surface area (Å²) in [5, 5.41) is 7.37. The zero-order valence-corrected chi connectivity index (χ0v) is 21.0. The van der Waals surface area contributed by atoms with Gasteiger partial charge in [0.2, 0.25) is 5.91 Å². The summed E-state index contributed by atoms with van der Waals surface area (Å²) in [6.07, 6.45) is 5.40. The first-order valence-corrected chi connectivity index (χ1v) is 14.1. The number of rotatable bonds is 6. The highest BCUT2D eigenvalue weighted by molar-refractivity contribution is 7.22. The Kier molecular flexibility index (Phi) is 6.24. The van der Waals surface area contributed by atoms with Crippen LogP contribution in [-0.4, -0.2) is 48.5 Å². The van der Waals surface area contributed by atoms with Crippen molar-refractivity contribution in [1.82, 2.24) is 9.88 Å². The summed E-state index contributed by atoms with van der Waals surface area (Å²) in [6, 6.07) is 15.5. The second kappa shape index (κ2) is 9.64. The van der Waals surface area contributed by atoms with Crippen molar-refractivity contribution in [2.45, 2.75) is 32.1 Å². The predicted octanol–water partition coefficient (Wildman–Crippen LogP) is 6.00. The molecule has 6 rings (SSSR count). The van der Waals surface area contributed by atoms with Crippen LogP contribution in [-0.2, 0) is 11.2 Å². The van der Waals surface area contributed by atoms with E-state index in [9.17, 15) is 4.79 Å². The average molecular weight is 491 g/mol. The molecule has 2 aliphatic rings. The van der Waals surface area contributed by atoms with Gasteiger partial charge < -0.3 is 10.2 Å². The zero-order chi connectivity index (χ0) is 22.9. The molecular formula is C27H30N4OS2. The first-order chi connectivity index (χ1) is 16.7. The largest absolute Gasteiger partial charge is 0.368 e. The minimum absolute atomic E-state index is 0.145. The lowest BCUT2D eigenvalue weighted by Gasteiger charge is -2.36. The lowest BCUT2D eigenvalue weighted by molar-refractivity contribution is -0.119. The van der Waals surface area contributed by atoms with Crippen molar-refractivity contribution in [3.05, 3.63) is 53.4 Å². The predicted molar refractivity (Wildman–Crippen MR) is 144 cm³/mol. The van der Waals surface area contributed by atoms with Crippen LogP contribution in [0, 0.1) is 5.92 Å². The summed E-state index contributed by atoms with van der Waals surface area (Å²) in [4.78, 5) is 22.2. The Morgan fingerprint density at radius 3 is 2.74 bits per heavy atom. The van der Waals surface area contributed by atoms with E-state index < -0.39 is 0 Å². The van der Waals surface area contributed by atoms with Crippen LogP contribution in [0.2, 0.25) is 0 Å². The second-order valence-corrected chi connectivity index (χ2v) is 11.5. The van der Waals surface area contributed by atoms with Crippen LogP contribution in [0.4, 0.5) is 10.8 Å². The molecule has 4 aromatic rings.